The van der Waals surface area contributed by atoms with E-state index in [4.69, 9.17) is 9.47 Å². The zero-order chi connectivity index (χ0) is 30.8. The number of ether oxygens (including phenoxy) is 2. The second-order valence-corrected chi connectivity index (χ2v) is 12.0. The molecular formula is C32H45N3O6. The smallest absolute Gasteiger partial charge is 0.408 e. The highest BCUT2D eigenvalue weighted by atomic mass is 16.6. The van der Waals surface area contributed by atoms with E-state index in [1.807, 2.05) is 62.4 Å². The summed E-state index contributed by atoms with van der Waals surface area (Å²) in [6.07, 6.45) is 0.0451. The number of carbonyl (C=O) groups excluding carboxylic acids is 4. The molecule has 0 spiro atoms. The number of hydrogen-bond acceptors (Lipinski definition) is 6. The highest BCUT2D eigenvalue weighted by Gasteiger charge is 2.35. The number of esters is 1. The first-order valence-corrected chi connectivity index (χ1v) is 14.0. The van der Waals surface area contributed by atoms with Crippen LogP contribution in [0.1, 0.15) is 77.6 Å². The van der Waals surface area contributed by atoms with Gasteiger partial charge in [-0.2, -0.15) is 0 Å². The Balaban J connectivity index is 2.42. The van der Waals surface area contributed by atoms with Gasteiger partial charge in [0, 0.05) is 13.0 Å². The van der Waals surface area contributed by atoms with Crippen LogP contribution < -0.4 is 10.6 Å². The Morgan fingerprint density at radius 1 is 0.878 bits per heavy atom. The zero-order valence-electron chi connectivity index (χ0n) is 25.6. The standard InChI is InChI=1S/C32H45N3O6/c1-9-18-35(26(36)21-33-30(39)41-32(6,7)8)27(24-17-13-14-22(2)19-24)28(37)34-25(29(38)40-31(3,4)5)20-23-15-11-10-12-16-23/h10-17,19,25,27H,9,18,20-21H2,1-8H3,(H,33,39)(H,34,37). The average molecular weight is 568 g/mol. The van der Waals surface area contributed by atoms with Crippen molar-refractivity contribution in [1.29, 1.82) is 0 Å². The van der Waals surface area contributed by atoms with Gasteiger partial charge in [0.2, 0.25) is 11.8 Å². The van der Waals surface area contributed by atoms with Crippen molar-refractivity contribution in [2.75, 3.05) is 13.1 Å². The first-order chi connectivity index (χ1) is 19.1. The van der Waals surface area contributed by atoms with Crippen LogP contribution in [-0.2, 0) is 30.3 Å². The van der Waals surface area contributed by atoms with E-state index in [2.05, 4.69) is 10.6 Å². The Bertz CT molecular complexity index is 1180. The minimum atomic E-state index is -1.05. The minimum Gasteiger partial charge on any atom is -0.458 e. The van der Waals surface area contributed by atoms with Crippen molar-refractivity contribution in [3.8, 4) is 0 Å². The van der Waals surface area contributed by atoms with Gasteiger partial charge in [0.05, 0.1) is 0 Å². The SMILES string of the molecule is CCCN(C(=O)CNC(=O)OC(C)(C)C)C(C(=O)NC(Cc1ccccc1)C(=O)OC(C)(C)C)c1cccc(C)c1. The third-order valence-corrected chi connectivity index (χ3v) is 5.78. The van der Waals surface area contributed by atoms with Gasteiger partial charge in [0.25, 0.3) is 0 Å². The van der Waals surface area contributed by atoms with Crippen molar-refractivity contribution in [3.63, 3.8) is 0 Å². The van der Waals surface area contributed by atoms with Crippen LogP contribution in [0.3, 0.4) is 0 Å². The summed E-state index contributed by atoms with van der Waals surface area (Å²) in [7, 11) is 0. The zero-order valence-corrected chi connectivity index (χ0v) is 25.6. The van der Waals surface area contributed by atoms with Crippen LogP contribution in [0.5, 0.6) is 0 Å². The third-order valence-electron chi connectivity index (χ3n) is 5.78. The van der Waals surface area contributed by atoms with Crippen LogP contribution >= 0.6 is 0 Å². The Hall–Kier alpha value is -3.88. The summed E-state index contributed by atoms with van der Waals surface area (Å²) >= 11 is 0. The van der Waals surface area contributed by atoms with E-state index < -0.39 is 47.2 Å². The number of amides is 3. The van der Waals surface area contributed by atoms with Crippen LogP contribution in [0.25, 0.3) is 0 Å². The lowest BCUT2D eigenvalue weighted by atomic mass is 10.00. The summed E-state index contributed by atoms with van der Waals surface area (Å²) < 4.78 is 10.9. The fourth-order valence-corrected chi connectivity index (χ4v) is 4.18. The highest BCUT2D eigenvalue weighted by molar-refractivity contribution is 5.92. The first-order valence-electron chi connectivity index (χ1n) is 14.0. The molecule has 2 N–H and O–H groups in total. The molecule has 224 valence electrons. The number of hydrogen-bond donors (Lipinski definition) is 2. The van der Waals surface area contributed by atoms with Crippen molar-refractivity contribution in [2.45, 2.75) is 91.5 Å². The summed E-state index contributed by atoms with van der Waals surface area (Å²) in [5.74, 6) is -1.56. The number of alkyl carbamates (subject to hydrolysis) is 1. The maximum Gasteiger partial charge on any atom is 0.408 e. The molecule has 2 aromatic rings. The van der Waals surface area contributed by atoms with Crippen molar-refractivity contribution >= 4 is 23.9 Å². The van der Waals surface area contributed by atoms with Gasteiger partial charge in [-0.15, -0.1) is 0 Å². The fourth-order valence-electron chi connectivity index (χ4n) is 4.18. The molecule has 9 heteroatoms. The summed E-state index contributed by atoms with van der Waals surface area (Å²) in [4.78, 5) is 54.5. The van der Waals surface area contributed by atoms with E-state index in [1.165, 1.54) is 4.90 Å². The number of carbonyl (C=O) groups is 4. The predicted molar refractivity (Wildman–Crippen MR) is 158 cm³/mol. The average Bonchev–Trinajstić information content (AvgIpc) is 2.85. The monoisotopic (exact) mass is 567 g/mol. The lowest BCUT2D eigenvalue weighted by Crippen LogP contribution is -2.52. The van der Waals surface area contributed by atoms with Crippen molar-refractivity contribution < 1.29 is 28.7 Å². The van der Waals surface area contributed by atoms with Gasteiger partial charge >= 0.3 is 12.1 Å². The Morgan fingerprint density at radius 3 is 2.07 bits per heavy atom. The molecule has 2 aromatic carbocycles. The molecule has 2 rings (SSSR count). The van der Waals surface area contributed by atoms with Crippen LogP contribution in [0, 0.1) is 6.92 Å². The molecule has 0 bridgehead atoms. The van der Waals surface area contributed by atoms with Crippen molar-refractivity contribution in [2.24, 2.45) is 0 Å². The van der Waals surface area contributed by atoms with Gasteiger partial charge in [-0.05, 0) is 66.0 Å². The number of benzene rings is 2. The van der Waals surface area contributed by atoms with Gasteiger partial charge in [0.1, 0.15) is 29.8 Å². The lowest BCUT2D eigenvalue weighted by molar-refractivity contribution is -0.159. The molecule has 0 fully saturated rings. The van der Waals surface area contributed by atoms with E-state index >= 15 is 0 Å². The quantitative estimate of drug-likeness (QED) is 0.375. The van der Waals surface area contributed by atoms with Gasteiger partial charge in [-0.25, -0.2) is 9.59 Å². The van der Waals surface area contributed by atoms with E-state index in [9.17, 15) is 19.2 Å². The molecule has 0 saturated heterocycles. The third kappa shape index (κ3) is 11.6. The van der Waals surface area contributed by atoms with E-state index in [1.54, 1.807) is 47.6 Å². The molecular weight excluding hydrogens is 522 g/mol. The molecule has 3 amide bonds. The van der Waals surface area contributed by atoms with Gasteiger partial charge in [0.15, 0.2) is 0 Å². The summed E-state index contributed by atoms with van der Waals surface area (Å²) in [6.45, 7) is 14.2. The minimum absolute atomic E-state index is 0.212. The van der Waals surface area contributed by atoms with Crippen LogP contribution in [-0.4, -0.2) is 59.1 Å². The fraction of sp³-hybridized carbons (Fsp3) is 0.500. The Labute approximate surface area is 244 Å². The van der Waals surface area contributed by atoms with E-state index in [0.717, 1.165) is 11.1 Å². The molecule has 0 aliphatic rings. The summed E-state index contributed by atoms with van der Waals surface area (Å²) in [5.41, 5.74) is 0.854. The Morgan fingerprint density at radius 2 is 1.51 bits per heavy atom. The van der Waals surface area contributed by atoms with Gasteiger partial charge in [-0.1, -0.05) is 67.1 Å². The molecule has 2 atom stereocenters. The summed E-state index contributed by atoms with van der Waals surface area (Å²) in [6, 6.07) is 14.6. The maximum atomic E-state index is 14.0. The van der Waals surface area contributed by atoms with E-state index in [-0.39, 0.29) is 19.5 Å². The molecule has 9 nitrogen and oxygen atoms in total. The van der Waals surface area contributed by atoms with Gasteiger partial charge < -0.3 is 25.0 Å². The maximum absolute atomic E-state index is 14.0. The number of rotatable bonds is 11. The molecule has 0 saturated carbocycles. The van der Waals surface area contributed by atoms with Crippen LogP contribution in [0.15, 0.2) is 54.6 Å². The molecule has 0 heterocycles. The molecule has 41 heavy (non-hydrogen) atoms. The van der Waals surface area contributed by atoms with Crippen molar-refractivity contribution in [1.82, 2.24) is 15.5 Å². The van der Waals surface area contributed by atoms with Crippen molar-refractivity contribution in [3.05, 3.63) is 71.3 Å². The predicted octanol–water partition coefficient (Wildman–Crippen LogP) is 4.87. The van der Waals surface area contributed by atoms with Crippen LogP contribution in [0.2, 0.25) is 0 Å². The molecule has 0 radical (unpaired) electrons. The second-order valence-electron chi connectivity index (χ2n) is 12.0. The second kappa shape index (κ2) is 14.7. The molecule has 0 aliphatic heterocycles. The van der Waals surface area contributed by atoms with Gasteiger partial charge in [-0.3, -0.25) is 9.59 Å². The largest absolute Gasteiger partial charge is 0.458 e. The number of aryl methyl sites for hydroxylation is 1. The van der Waals surface area contributed by atoms with Crippen LogP contribution in [0.4, 0.5) is 4.79 Å². The highest BCUT2D eigenvalue weighted by Crippen LogP contribution is 2.24. The summed E-state index contributed by atoms with van der Waals surface area (Å²) in [5, 5.41) is 5.37. The lowest BCUT2D eigenvalue weighted by Gasteiger charge is -2.33. The molecule has 0 aliphatic carbocycles. The molecule has 2 unspecified atom stereocenters. The first kappa shape index (κ1) is 33.3. The number of nitrogens with zero attached hydrogens (tertiary/aromatic N) is 1. The normalized spacial score (nSPS) is 13.0. The molecule has 0 aromatic heterocycles. The topological polar surface area (TPSA) is 114 Å². The number of nitrogens with one attached hydrogen (secondary N) is 2. The van der Waals surface area contributed by atoms with E-state index in [0.29, 0.717) is 12.0 Å². The Kier molecular flexibility index (Phi) is 11.9.